The molecule has 19 heavy (non-hydrogen) atoms. The van der Waals surface area contributed by atoms with Crippen molar-refractivity contribution in [1.29, 1.82) is 5.26 Å². The van der Waals surface area contributed by atoms with Gasteiger partial charge in [0.2, 0.25) is 0 Å². The number of aromatic nitrogens is 2. The largest absolute Gasteiger partial charge is 0.335 e. The summed E-state index contributed by atoms with van der Waals surface area (Å²) in [6.45, 7) is 5.36. The molecule has 0 aliphatic carbocycles. The number of rotatable bonds is 4. The number of piperazine rings is 1. The molecule has 0 spiro atoms. The summed E-state index contributed by atoms with van der Waals surface area (Å²) >= 11 is 1.18. The third-order valence-electron chi connectivity index (χ3n) is 3.19. The van der Waals surface area contributed by atoms with Gasteiger partial charge in [0, 0.05) is 26.2 Å². The quantitative estimate of drug-likeness (QED) is 0.761. The first kappa shape index (κ1) is 13.9. The minimum absolute atomic E-state index is 0.0371. The zero-order valence-corrected chi connectivity index (χ0v) is 11.8. The van der Waals surface area contributed by atoms with Crippen molar-refractivity contribution in [3.8, 4) is 6.07 Å². The Morgan fingerprint density at radius 2 is 2.16 bits per heavy atom. The van der Waals surface area contributed by atoms with Gasteiger partial charge in [-0.2, -0.15) is 5.26 Å². The van der Waals surface area contributed by atoms with Crippen molar-refractivity contribution in [2.75, 3.05) is 32.7 Å². The molecule has 1 aromatic rings. The molecule has 102 valence electrons. The van der Waals surface area contributed by atoms with E-state index in [1.165, 1.54) is 11.5 Å². The van der Waals surface area contributed by atoms with Gasteiger partial charge in [0.05, 0.1) is 18.3 Å². The van der Waals surface area contributed by atoms with Gasteiger partial charge >= 0.3 is 0 Å². The molecular weight excluding hydrogens is 262 g/mol. The lowest BCUT2D eigenvalue weighted by molar-refractivity contribution is 0.0655. The van der Waals surface area contributed by atoms with Gasteiger partial charge in [0.25, 0.3) is 5.91 Å². The maximum Gasteiger partial charge on any atom is 0.267 e. The van der Waals surface area contributed by atoms with Crippen LogP contribution in [0.2, 0.25) is 0 Å². The zero-order valence-electron chi connectivity index (χ0n) is 11.0. The number of hydrogen-bond donors (Lipinski definition) is 0. The highest BCUT2D eigenvalue weighted by molar-refractivity contribution is 7.08. The predicted molar refractivity (Wildman–Crippen MR) is 71.9 cm³/mol. The van der Waals surface area contributed by atoms with Crippen LogP contribution in [0.3, 0.4) is 0 Å². The maximum atomic E-state index is 12.4. The molecule has 2 heterocycles. The van der Waals surface area contributed by atoms with Gasteiger partial charge in [-0.1, -0.05) is 17.8 Å². The molecule has 0 N–H and O–H groups in total. The summed E-state index contributed by atoms with van der Waals surface area (Å²) in [4.78, 5) is 17.0. The van der Waals surface area contributed by atoms with Crippen molar-refractivity contribution < 1.29 is 4.79 Å². The van der Waals surface area contributed by atoms with Crippen LogP contribution >= 0.6 is 11.5 Å². The molecule has 0 saturated carbocycles. The van der Waals surface area contributed by atoms with Crippen molar-refractivity contribution in [3.63, 3.8) is 0 Å². The van der Waals surface area contributed by atoms with Gasteiger partial charge in [-0.05, 0) is 18.0 Å². The summed E-state index contributed by atoms with van der Waals surface area (Å²) in [6.07, 6.45) is 1.76. The van der Waals surface area contributed by atoms with E-state index in [-0.39, 0.29) is 5.91 Å². The minimum Gasteiger partial charge on any atom is -0.335 e. The fourth-order valence-electron chi connectivity index (χ4n) is 2.12. The lowest BCUT2D eigenvalue weighted by Gasteiger charge is -2.33. The maximum absolute atomic E-state index is 12.4. The van der Waals surface area contributed by atoms with Crippen molar-refractivity contribution in [3.05, 3.63) is 10.6 Å². The first-order chi connectivity index (χ1) is 9.26. The first-order valence-electron chi connectivity index (χ1n) is 6.46. The molecule has 0 radical (unpaired) electrons. The van der Waals surface area contributed by atoms with E-state index in [0.29, 0.717) is 24.5 Å². The molecule has 1 saturated heterocycles. The third kappa shape index (κ3) is 3.28. The van der Waals surface area contributed by atoms with Crippen molar-refractivity contribution in [2.45, 2.75) is 19.8 Å². The summed E-state index contributed by atoms with van der Waals surface area (Å²) in [7, 11) is 0. The van der Waals surface area contributed by atoms with Gasteiger partial charge in [-0.25, -0.2) is 0 Å². The van der Waals surface area contributed by atoms with Gasteiger partial charge in [-0.3, -0.25) is 9.69 Å². The van der Waals surface area contributed by atoms with Gasteiger partial charge in [0.15, 0.2) is 0 Å². The highest BCUT2D eigenvalue weighted by Gasteiger charge is 2.25. The van der Waals surface area contributed by atoms with E-state index < -0.39 is 0 Å². The summed E-state index contributed by atoms with van der Waals surface area (Å²) in [5.41, 5.74) is 0.817. The van der Waals surface area contributed by atoms with E-state index in [1.807, 2.05) is 4.90 Å². The Morgan fingerprint density at radius 3 is 2.79 bits per heavy atom. The second-order valence-electron chi connectivity index (χ2n) is 4.53. The SMILES string of the molecule is CCCc1nnsc1C(=O)N1CCN(CC#N)CC1. The van der Waals surface area contributed by atoms with Gasteiger partial charge in [-0.15, -0.1) is 5.10 Å². The summed E-state index contributed by atoms with van der Waals surface area (Å²) < 4.78 is 3.89. The number of nitriles is 1. The number of nitrogens with zero attached hydrogens (tertiary/aromatic N) is 5. The standard InChI is InChI=1S/C12H17N5OS/c1-2-3-10-11(19-15-14-10)12(18)17-8-6-16(5-4-13)7-9-17/h2-3,5-9H2,1H3. The van der Waals surface area contributed by atoms with Crippen LogP contribution in [0, 0.1) is 11.3 Å². The molecule has 1 fully saturated rings. The minimum atomic E-state index is 0.0371. The van der Waals surface area contributed by atoms with Gasteiger partial charge < -0.3 is 4.90 Å². The normalized spacial score (nSPS) is 16.3. The highest BCUT2D eigenvalue weighted by Crippen LogP contribution is 2.16. The Hall–Kier alpha value is -1.52. The molecule has 1 aliphatic heterocycles. The molecule has 1 amide bonds. The summed E-state index contributed by atoms with van der Waals surface area (Å²) in [5.74, 6) is 0.0371. The Morgan fingerprint density at radius 1 is 1.42 bits per heavy atom. The second kappa shape index (κ2) is 6.59. The molecule has 0 atom stereocenters. The smallest absolute Gasteiger partial charge is 0.267 e. The lowest BCUT2D eigenvalue weighted by Crippen LogP contribution is -2.48. The van der Waals surface area contributed by atoms with E-state index >= 15 is 0 Å². The van der Waals surface area contributed by atoms with Crippen molar-refractivity contribution in [2.24, 2.45) is 0 Å². The van der Waals surface area contributed by atoms with E-state index in [1.54, 1.807) is 0 Å². The number of carbonyl (C=O) groups is 1. The van der Waals surface area contributed by atoms with Crippen molar-refractivity contribution in [1.82, 2.24) is 19.4 Å². The van der Waals surface area contributed by atoms with Crippen LogP contribution in [0.5, 0.6) is 0 Å². The Balaban J connectivity index is 1.97. The van der Waals surface area contributed by atoms with E-state index in [0.717, 1.165) is 31.6 Å². The number of amides is 1. The first-order valence-corrected chi connectivity index (χ1v) is 7.23. The van der Waals surface area contributed by atoms with Gasteiger partial charge in [0.1, 0.15) is 4.88 Å². The Bertz CT molecular complexity index is 473. The fraction of sp³-hybridized carbons (Fsp3) is 0.667. The predicted octanol–water partition coefficient (Wildman–Crippen LogP) is 0.772. The highest BCUT2D eigenvalue weighted by atomic mass is 32.1. The van der Waals surface area contributed by atoms with Crippen LogP contribution in [0.4, 0.5) is 0 Å². The van der Waals surface area contributed by atoms with Crippen LogP contribution in [0.15, 0.2) is 0 Å². The number of carbonyl (C=O) groups excluding carboxylic acids is 1. The molecule has 0 bridgehead atoms. The van der Waals surface area contributed by atoms with E-state index in [9.17, 15) is 4.79 Å². The van der Waals surface area contributed by atoms with Crippen LogP contribution in [0.1, 0.15) is 28.7 Å². The Kier molecular flexibility index (Phi) is 4.82. The second-order valence-corrected chi connectivity index (χ2v) is 5.28. The number of aryl methyl sites for hydroxylation is 1. The fourth-order valence-corrected chi connectivity index (χ4v) is 2.80. The molecule has 0 aromatic carbocycles. The average Bonchev–Trinajstić information content (AvgIpc) is 2.88. The third-order valence-corrected chi connectivity index (χ3v) is 3.95. The number of hydrogen-bond acceptors (Lipinski definition) is 6. The van der Waals surface area contributed by atoms with Crippen LogP contribution < -0.4 is 0 Å². The molecular formula is C12H17N5OS. The molecule has 1 aromatic heterocycles. The monoisotopic (exact) mass is 279 g/mol. The molecule has 2 rings (SSSR count). The Labute approximate surface area is 116 Å². The summed E-state index contributed by atoms with van der Waals surface area (Å²) in [6, 6.07) is 2.14. The molecule has 7 heteroatoms. The molecule has 0 unspecified atom stereocenters. The topological polar surface area (TPSA) is 73.1 Å². The van der Waals surface area contributed by atoms with Crippen LogP contribution in [-0.4, -0.2) is 58.0 Å². The van der Waals surface area contributed by atoms with Crippen molar-refractivity contribution >= 4 is 17.4 Å². The average molecular weight is 279 g/mol. The van der Waals surface area contributed by atoms with Crippen LogP contribution in [-0.2, 0) is 6.42 Å². The molecule has 6 nitrogen and oxygen atoms in total. The summed E-state index contributed by atoms with van der Waals surface area (Å²) in [5, 5.41) is 12.7. The lowest BCUT2D eigenvalue weighted by atomic mass is 10.2. The molecule has 1 aliphatic rings. The zero-order chi connectivity index (χ0) is 13.7. The van der Waals surface area contributed by atoms with Crippen LogP contribution in [0.25, 0.3) is 0 Å². The van der Waals surface area contributed by atoms with E-state index in [4.69, 9.17) is 5.26 Å². The van der Waals surface area contributed by atoms with E-state index in [2.05, 4.69) is 27.5 Å².